The van der Waals surface area contributed by atoms with Gasteiger partial charge in [0.2, 0.25) is 0 Å². The second-order valence-corrected chi connectivity index (χ2v) is 5.55. The summed E-state index contributed by atoms with van der Waals surface area (Å²) in [6.07, 6.45) is 6.60. The Hall–Kier alpha value is -1.02. The molecular weight excluding hydrogens is 228 g/mol. The van der Waals surface area contributed by atoms with E-state index in [0.717, 1.165) is 18.4 Å². The minimum absolute atomic E-state index is 0.315. The molecule has 1 nitrogen and oxygen atoms in total. The van der Waals surface area contributed by atoms with Crippen molar-refractivity contribution < 1.29 is 4.79 Å². The van der Waals surface area contributed by atoms with Crippen molar-refractivity contribution in [1.29, 1.82) is 0 Å². The summed E-state index contributed by atoms with van der Waals surface area (Å²) in [5, 5.41) is 0. The van der Waals surface area contributed by atoms with Crippen LogP contribution in [0.1, 0.15) is 31.2 Å². The zero-order chi connectivity index (χ0) is 12.1. The molecule has 2 rings (SSSR count). The van der Waals surface area contributed by atoms with Gasteiger partial charge < -0.3 is 0 Å². The highest BCUT2D eigenvalue weighted by Gasteiger charge is 2.12. The average molecular weight is 246 g/mol. The van der Waals surface area contributed by atoms with Gasteiger partial charge in [0.15, 0.2) is 5.78 Å². The van der Waals surface area contributed by atoms with Crippen molar-refractivity contribution in [3.8, 4) is 0 Å². The van der Waals surface area contributed by atoms with Gasteiger partial charge in [0.1, 0.15) is 0 Å². The quantitative estimate of drug-likeness (QED) is 0.742. The Kier molecular flexibility index (Phi) is 4.43. The van der Waals surface area contributed by atoms with E-state index in [2.05, 4.69) is 37.3 Å². The van der Waals surface area contributed by atoms with E-state index in [-0.39, 0.29) is 0 Å². The summed E-state index contributed by atoms with van der Waals surface area (Å²) in [5.41, 5.74) is 2.31. The third-order valence-electron chi connectivity index (χ3n) is 3.04. The predicted molar refractivity (Wildman–Crippen MR) is 73.5 cm³/mol. The van der Waals surface area contributed by atoms with E-state index in [9.17, 15) is 4.79 Å². The maximum absolute atomic E-state index is 11.9. The molecule has 0 N–H and O–H groups in total. The molecule has 17 heavy (non-hydrogen) atoms. The largest absolute Gasteiger partial charge is 0.294 e. The molecule has 90 valence electrons. The van der Waals surface area contributed by atoms with E-state index in [1.54, 1.807) is 11.8 Å². The second-order valence-electron chi connectivity index (χ2n) is 4.50. The van der Waals surface area contributed by atoms with Gasteiger partial charge in [-0.2, -0.15) is 0 Å². The predicted octanol–water partition coefficient (Wildman–Crippen LogP) is 4.16. The number of allylic oxidation sites excluding steroid dienone is 2. The van der Waals surface area contributed by atoms with Crippen molar-refractivity contribution in [2.24, 2.45) is 0 Å². The first kappa shape index (κ1) is 12.4. The standard InChI is InChI=1S/C15H18OS/c1-12-7-9-14(10-8-12)17-11-15(16)13-5-3-2-4-6-13/h5,7-10H,2-4,6,11H2,1H3. The topological polar surface area (TPSA) is 17.1 Å². The molecule has 1 aliphatic rings. The Morgan fingerprint density at radius 2 is 2.00 bits per heavy atom. The summed E-state index contributed by atoms with van der Waals surface area (Å²) in [5.74, 6) is 0.893. The zero-order valence-corrected chi connectivity index (χ0v) is 11.1. The molecule has 0 heterocycles. The van der Waals surface area contributed by atoms with Crippen LogP contribution in [0.2, 0.25) is 0 Å². The lowest BCUT2D eigenvalue weighted by Gasteiger charge is -2.11. The van der Waals surface area contributed by atoms with Gasteiger partial charge in [-0.3, -0.25) is 4.79 Å². The number of hydrogen-bond acceptors (Lipinski definition) is 2. The highest BCUT2D eigenvalue weighted by Crippen LogP contribution is 2.23. The van der Waals surface area contributed by atoms with Gasteiger partial charge in [0.25, 0.3) is 0 Å². The van der Waals surface area contributed by atoms with Gasteiger partial charge in [-0.1, -0.05) is 23.8 Å². The molecule has 1 aromatic carbocycles. The minimum Gasteiger partial charge on any atom is -0.294 e. The van der Waals surface area contributed by atoms with Crippen molar-refractivity contribution in [1.82, 2.24) is 0 Å². The van der Waals surface area contributed by atoms with Crippen LogP contribution in [-0.2, 0) is 4.79 Å². The number of carbonyl (C=O) groups excluding carboxylic acids is 1. The fourth-order valence-corrected chi connectivity index (χ4v) is 2.78. The van der Waals surface area contributed by atoms with Gasteiger partial charge in [-0.15, -0.1) is 11.8 Å². The van der Waals surface area contributed by atoms with Crippen LogP contribution in [-0.4, -0.2) is 11.5 Å². The van der Waals surface area contributed by atoms with Crippen molar-refractivity contribution in [2.75, 3.05) is 5.75 Å². The van der Waals surface area contributed by atoms with E-state index in [4.69, 9.17) is 0 Å². The van der Waals surface area contributed by atoms with Crippen LogP contribution < -0.4 is 0 Å². The van der Waals surface area contributed by atoms with Crippen molar-refractivity contribution in [2.45, 2.75) is 37.5 Å². The lowest BCUT2D eigenvalue weighted by molar-refractivity contribution is -0.113. The molecule has 0 radical (unpaired) electrons. The molecule has 0 fully saturated rings. The minimum atomic E-state index is 0.315. The average Bonchev–Trinajstić information content (AvgIpc) is 2.39. The van der Waals surface area contributed by atoms with Crippen LogP contribution in [0.5, 0.6) is 0 Å². The number of aryl methyl sites for hydroxylation is 1. The van der Waals surface area contributed by atoms with E-state index in [1.165, 1.54) is 23.3 Å². The van der Waals surface area contributed by atoms with E-state index in [0.29, 0.717) is 11.5 Å². The lowest BCUT2D eigenvalue weighted by Crippen LogP contribution is -2.08. The number of thioether (sulfide) groups is 1. The summed E-state index contributed by atoms with van der Waals surface area (Å²) in [7, 11) is 0. The summed E-state index contributed by atoms with van der Waals surface area (Å²) in [6.45, 7) is 2.08. The molecule has 0 saturated carbocycles. The Bertz CT molecular complexity index is 417. The number of Topliss-reactive ketones (excluding diaryl/α,β-unsaturated/α-hetero) is 1. The fourth-order valence-electron chi connectivity index (χ4n) is 1.97. The molecule has 0 spiro atoms. The van der Waals surface area contributed by atoms with Crippen LogP contribution >= 0.6 is 11.8 Å². The van der Waals surface area contributed by atoms with Crippen LogP contribution in [0.15, 0.2) is 40.8 Å². The Morgan fingerprint density at radius 3 is 2.65 bits per heavy atom. The number of benzene rings is 1. The van der Waals surface area contributed by atoms with E-state index >= 15 is 0 Å². The Labute approximate surface area is 107 Å². The van der Waals surface area contributed by atoms with Gasteiger partial charge >= 0.3 is 0 Å². The molecule has 0 aromatic heterocycles. The first-order valence-electron chi connectivity index (χ1n) is 6.17. The van der Waals surface area contributed by atoms with Crippen LogP contribution in [0, 0.1) is 6.92 Å². The maximum atomic E-state index is 11.9. The molecule has 0 amide bonds. The normalized spacial score (nSPS) is 15.5. The molecule has 2 heteroatoms. The SMILES string of the molecule is Cc1ccc(SCC(=O)C2=CCCCC2)cc1. The fraction of sp³-hybridized carbons (Fsp3) is 0.400. The molecule has 0 aliphatic heterocycles. The number of hydrogen-bond donors (Lipinski definition) is 0. The summed E-state index contributed by atoms with van der Waals surface area (Å²) < 4.78 is 0. The first-order valence-corrected chi connectivity index (χ1v) is 7.16. The van der Waals surface area contributed by atoms with E-state index in [1.807, 2.05) is 0 Å². The highest BCUT2D eigenvalue weighted by atomic mass is 32.2. The van der Waals surface area contributed by atoms with Crippen molar-refractivity contribution in [3.63, 3.8) is 0 Å². The third kappa shape index (κ3) is 3.74. The second kappa shape index (κ2) is 6.06. The van der Waals surface area contributed by atoms with Crippen molar-refractivity contribution in [3.05, 3.63) is 41.5 Å². The zero-order valence-electron chi connectivity index (χ0n) is 10.2. The van der Waals surface area contributed by atoms with Crippen LogP contribution in [0.3, 0.4) is 0 Å². The molecule has 0 unspecified atom stereocenters. The molecule has 1 aliphatic carbocycles. The number of rotatable bonds is 4. The highest BCUT2D eigenvalue weighted by molar-refractivity contribution is 8.00. The maximum Gasteiger partial charge on any atom is 0.168 e. The van der Waals surface area contributed by atoms with E-state index < -0.39 is 0 Å². The summed E-state index contributed by atoms with van der Waals surface area (Å²) >= 11 is 1.64. The first-order chi connectivity index (χ1) is 8.25. The molecule has 0 bridgehead atoms. The lowest BCUT2D eigenvalue weighted by atomic mass is 9.97. The monoisotopic (exact) mass is 246 g/mol. The molecular formula is C15H18OS. The van der Waals surface area contributed by atoms with Crippen LogP contribution in [0.4, 0.5) is 0 Å². The van der Waals surface area contributed by atoms with Crippen LogP contribution in [0.25, 0.3) is 0 Å². The number of carbonyl (C=O) groups is 1. The van der Waals surface area contributed by atoms with Gasteiger partial charge in [-0.25, -0.2) is 0 Å². The van der Waals surface area contributed by atoms with Gasteiger partial charge in [0.05, 0.1) is 5.75 Å². The molecule has 0 atom stereocenters. The van der Waals surface area contributed by atoms with Crippen molar-refractivity contribution >= 4 is 17.5 Å². The van der Waals surface area contributed by atoms with Gasteiger partial charge in [0, 0.05) is 4.90 Å². The third-order valence-corrected chi connectivity index (χ3v) is 4.05. The van der Waals surface area contributed by atoms with Gasteiger partial charge in [-0.05, 0) is 50.3 Å². The summed E-state index contributed by atoms with van der Waals surface area (Å²) in [4.78, 5) is 13.1. The smallest absolute Gasteiger partial charge is 0.168 e. The Balaban J connectivity index is 1.87. The number of ketones is 1. The molecule has 0 saturated heterocycles. The Morgan fingerprint density at radius 1 is 1.24 bits per heavy atom. The molecule has 1 aromatic rings. The summed E-state index contributed by atoms with van der Waals surface area (Å²) in [6, 6.07) is 8.35.